The number of carbonyl (C=O) groups is 1. The fourth-order valence-electron chi connectivity index (χ4n) is 1.81. The molecule has 6 heteroatoms. The molecule has 20 heavy (non-hydrogen) atoms. The lowest BCUT2D eigenvalue weighted by molar-refractivity contribution is 0.0779. The second-order valence-electron chi connectivity index (χ2n) is 5.04. The van der Waals surface area contributed by atoms with E-state index in [4.69, 9.17) is 10.6 Å². The molecule has 1 aromatic heterocycles. The lowest BCUT2D eigenvalue weighted by Gasteiger charge is -2.18. The average Bonchev–Trinajstić information content (AvgIpc) is 2.45. The van der Waals surface area contributed by atoms with Crippen LogP contribution in [0.15, 0.2) is 12.1 Å². The van der Waals surface area contributed by atoms with E-state index in [0.717, 1.165) is 12.1 Å². The van der Waals surface area contributed by atoms with Gasteiger partial charge in [0, 0.05) is 38.6 Å². The summed E-state index contributed by atoms with van der Waals surface area (Å²) in [6.07, 6.45) is 0.808. The van der Waals surface area contributed by atoms with Crippen LogP contribution in [0.2, 0.25) is 0 Å². The van der Waals surface area contributed by atoms with Crippen LogP contribution in [0.25, 0.3) is 0 Å². The maximum atomic E-state index is 12.4. The number of amides is 1. The van der Waals surface area contributed by atoms with Crippen molar-refractivity contribution in [1.82, 2.24) is 9.88 Å². The molecule has 0 aliphatic heterocycles. The molecule has 0 aliphatic carbocycles. The molecule has 0 aromatic carbocycles. The molecule has 0 atom stereocenters. The van der Waals surface area contributed by atoms with E-state index in [1.165, 1.54) is 0 Å². The first-order valence-corrected chi connectivity index (χ1v) is 6.72. The minimum absolute atomic E-state index is 0.0399. The number of hydrogen-bond acceptors (Lipinski definition) is 5. The molecule has 1 aromatic rings. The van der Waals surface area contributed by atoms with Crippen LogP contribution in [0.3, 0.4) is 0 Å². The molecule has 0 fully saturated rings. The van der Waals surface area contributed by atoms with Crippen LogP contribution in [0.4, 0.5) is 5.82 Å². The Morgan fingerprint density at radius 1 is 1.50 bits per heavy atom. The van der Waals surface area contributed by atoms with Gasteiger partial charge in [0.25, 0.3) is 5.91 Å². The Morgan fingerprint density at radius 3 is 2.75 bits per heavy atom. The summed E-state index contributed by atoms with van der Waals surface area (Å²) >= 11 is 0. The van der Waals surface area contributed by atoms with Gasteiger partial charge >= 0.3 is 0 Å². The SMILES string of the molecule is COCCCN(C)C(=O)c1cc(NN)nc(C(C)C)c1. The van der Waals surface area contributed by atoms with Gasteiger partial charge in [0.1, 0.15) is 5.82 Å². The first kappa shape index (κ1) is 16.4. The summed E-state index contributed by atoms with van der Waals surface area (Å²) in [5.41, 5.74) is 3.94. The molecule has 1 heterocycles. The summed E-state index contributed by atoms with van der Waals surface area (Å²) in [6.45, 7) is 5.34. The third-order valence-electron chi connectivity index (χ3n) is 3.02. The third-order valence-corrected chi connectivity index (χ3v) is 3.02. The number of hydrogen-bond donors (Lipinski definition) is 2. The van der Waals surface area contributed by atoms with Crippen molar-refractivity contribution >= 4 is 11.7 Å². The zero-order valence-electron chi connectivity index (χ0n) is 12.6. The number of aromatic nitrogens is 1. The van der Waals surface area contributed by atoms with Gasteiger partial charge in [-0.3, -0.25) is 4.79 Å². The van der Waals surface area contributed by atoms with Gasteiger partial charge < -0.3 is 15.1 Å². The van der Waals surface area contributed by atoms with Gasteiger partial charge in [0.15, 0.2) is 0 Å². The largest absolute Gasteiger partial charge is 0.385 e. The fraction of sp³-hybridized carbons (Fsp3) is 0.571. The normalized spacial score (nSPS) is 10.7. The second kappa shape index (κ2) is 7.81. The summed E-state index contributed by atoms with van der Waals surface area (Å²) in [6, 6.07) is 3.49. The topological polar surface area (TPSA) is 80.5 Å². The first-order chi connectivity index (χ1) is 9.49. The zero-order valence-corrected chi connectivity index (χ0v) is 12.6. The van der Waals surface area contributed by atoms with Crippen LogP contribution < -0.4 is 11.3 Å². The van der Waals surface area contributed by atoms with Crippen molar-refractivity contribution in [3.63, 3.8) is 0 Å². The van der Waals surface area contributed by atoms with Crippen molar-refractivity contribution in [3.05, 3.63) is 23.4 Å². The highest BCUT2D eigenvalue weighted by molar-refractivity contribution is 5.94. The average molecular weight is 280 g/mol. The van der Waals surface area contributed by atoms with Crippen molar-refractivity contribution in [2.75, 3.05) is 32.7 Å². The third kappa shape index (κ3) is 4.47. The van der Waals surface area contributed by atoms with Crippen LogP contribution in [0.5, 0.6) is 0 Å². The van der Waals surface area contributed by atoms with Gasteiger partial charge in [-0.15, -0.1) is 0 Å². The van der Waals surface area contributed by atoms with Gasteiger partial charge in [-0.25, -0.2) is 10.8 Å². The molecule has 3 N–H and O–H groups in total. The van der Waals surface area contributed by atoms with Crippen LogP contribution in [0, 0.1) is 0 Å². The Labute approximate surface area is 120 Å². The Morgan fingerprint density at radius 2 is 2.20 bits per heavy atom. The molecule has 0 bridgehead atoms. The number of hydrazine groups is 1. The molecule has 0 radical (unpaired) electrons. The van der Waals surface area contributed by atoms with Crippen molar-refractivity contribution in [2.24, 2.45) is 5.84 Å². The molecule has 0 unspecified atom stereocenters. The van der Waals surface area contributed by atoms with Gasteiger partial charge in [-0.1, -0.05) is 13.8 Å². The predicted octanol–water partition coefficient (Wildman–Crippen LogP) is 1.60. The van der Waals surface area contributed by atoms with Crippen molar-refractivity contribution < 1.29 is 9.53 Å². The molecule has 6 nitrogen and oxygen atoms in total. The standard InChI is InChI=1S/C14H24N4O2/c1-10(2)12-8-11(9-13(16-12)17-15)14(19)18(3)6-5-7-20-4/h8-10H,5-7,15H2,1-4H3,(H,16,17). The maximum Gasteiger partial charge on any atom is 0.253 e. The number of ether oxygens (including phenoxy) is 1. The zero-order chi connectivity index (χ0) is 15.1. The van der Waals surface area contributed by atoms with Crippen molar-refractivity contribution in [2.45, 2.75) is 26.2 Å². The van der Waals surface area contributed by atoms with Gasteiger partial charge in [0.05, 0.1) is 0 Å². The molecule has 1 amide bonds. The van der Waals surface area contributed by atoms with E-state index in [1.54, 1.807) is 25.1 Å². The summed E-state index contributed by atoms with van der Waals surface area (Å²) in [7, 11) is 3.43. The van der Waals surface area contributed by atoms with E-state index in [2.05, 4.69) is 10.4 Å². The Balaban J connectivity index is 2.88. The Bertz CT molecular complexity index is 449. The number of nitrogens with one attached hydrogen (secondary N) is 1. The Kier molecular flexibility index (Phi) is 6.41. The lowest BCUT2D eigenvalue weighted by atomic mass is 10.1. The van der Waals surface area contributed by atoms with E-state index in [9.17, 15) is 4.79 Å². The maximum absolute atomic E-state index is 12.4. The summed E-state index contributed by atoms with van der Waals surface area (Å²) < 4.78 is 4.99. The van der Waals surface area contributed by atoms with Crippen LogP contribution >= 0.6 is 0 Å². The molecule has 0 saturated heterocycles. The van der Waals surface area contributed by atoms with Gasteiger partial charge in [-0.05, 0) is 24.5 Å². The molecule has 1 rings (SSSR count). The molecular formula is C14H24N4O2. The number of methoxy groups -OCH3 is 1. The van der Waals surface area contributed by atoms with E-state index >= 15 is 0 Å². The van der Waals surface area contributed by atoms with Crippen LogP contribution in [-0.2, 0) is 4.74 Å². The number of pyridine rings is 1. The van der Waals surface area contributed by atoms with Crippen molar-refractivity contribution in [1.29, 1.82) is 0 Å². The van der Waals surface area contributed by atoms with Crippen molar-refractivity contribution in [3.8, 4) is 0 Å². The summed E-state index contributed by atoms with van der Waals surface area (Å²) in [5.74, 6) is 6.10. The lowest BCUT2D eigenvalue weighted by Crippen LogP contribution is -2.28. The molecular weight excluding hydrogens is 256 g/mol. The smallest absolute Gasteiger partial charge is 0.253 e. The first-order valence-electron chi connectivity index (χ1n) is 6.72. The van der Waals surface area contributed by atoms with E-state index in [-0.39, 0.29) is 11.8 Å². The second-order valence-corrected chi connectivity index (χ2v) is 5.04. The minimum atomic E-state index is -0.0399. The van der Waals surface area contributed by atoms with E-state index in [0.29, 0.717) is 24.5 Å². The van der Waals surface area contributed by atoms with E-state index in [1.807, 2.05) is 19.9 Å². The number of carbonyl (C=O) groups excluding carboxylic acids is 1. The molecule has 112 valence electrons. The number of rotatable bonds is 7. The van der Waals surface area contributed by atoms with E-state index < -0.39 is 0 Å². The minimum Gasteiger partial charge on any atom is -0.385 e. The highest BCUT2D eigenvalue weighted by atomic mass is 16.5. The monoisotopic (exact) mass is 280 g/mol. The highest BCUT2D eigenvalue weighted by Crippen LogP contribution is 2.18. The van der Waals surface area contributed by atoms with Crippen LogP contribution in [0.1, 0.15) is 42.2 Å². The number of nitrogens with two attached hydrogens (primary N) is 1. The summed E-state index contributed by atoms with van der Waals surface area (Å²) in [5, 5.41) is 0. The molecule has 0 spiro atoms. The van der Waals surface area contributed by atoms with Crippen LogP contribution in [-0.4, -0.2) is 43.1 Å². The quantitative estimate of drug-likeness (QED) is 0.450. The van der Waals surface area contributed by atoms with Gasteiger partial charge in [0.2, 0.25) is 0 Å². The highest BCUT2D eigenvalue weighted by Gasteiger charge is 2.15. The number of anilines is 1. The predicted molar refractivity (Wildman–Crippen MR) is 79.6 cm³/mol. The Hall–Kier alpha value is -1.66. The molecule has 0 saturated carbocycles. The summed E-state index contributed by atoms with van der Waals surface area (Å²) in [4.78, 5) is 18.4. The number of nitrogen functional groups attached to an aromatic ring is 1. The fourth-order valence-corrected chi connectivity index (χ4v) is 1.81. The van der Waals surface area contributed by atoms with Gasteiger partial charge in [-0.2, -0.15) is 0 Å². The molecule has 0 aliphatic rings. The number of nitrogens with zero attached hydrogens (tertiary/aromatic N) is 2.